The molecule has 3 aromatic carbocycles. The van der Waals surface area contributed by atoms with E-state index in [1.54, 1.807) is 30.3 Å². The van der Waals surface area contributed by atoms with Gasteiger partial charge in [-0.1, -0.05) is 19.1 Å². The van der Waals surface area contributed by atoms with Crippen LogP contribution in [0.5, 0.6) is 11.5 Å². The molecule has 0 unspecified atom stereocenters. The molecule has 0 aliphatic carbocycles. The average Bonchev–Trinajstić information content (AvgIpc) is 2.90. The van der Waals surface area contributed by atoms with Gasteiger partial charge in [-0.3, -0.25) is 14.4 Å². The van der Waals surface area contributed by atoms with E-state index in [9.17, 15) is 13.2 Å². The molecule has 0 spiro atoms. The maximum Gasteiger partial charge on any atom is 0.262 e. The molecule has 4 rings (SSSR count). The minimum absolute atomic E-state index is 0.0554. The Morgan fingerprint density at radius 1 is 0.946 bits per heavy atom. The van der Waals surface area contributed by atoms with Gasteiger partial charge in [-0.05, 0) is 85.9 Å². The third-order valence-corrected chi connectivity index (χ3v) is 7.96. The predicted molar refractivity (Wildman–Crippen MR) is 145 cm³/mol. The minimum atomic E-state index is -3.87. The van der Waals surface area contributed by atoms with Gasteiger partial charge in [0.2, 0.25) is 0 Å². The van der Waals surface area contributed by atoms with Crippen LogP contribution in [0.15, 0.2) is 71.6 Å². The van der Waals surface area contributed by atoms with Crippen LogP contribution < -0.4 is 19.5 Å². The average molecular weight is 524 g/mol. The van der Waals surface area contributed by atoms with Crippen LogP contribution in [0.2, 0.25) is 0 Å². The minimum Gasteiger partial charge on any atom is -0.497 e. The number of carbonyl (C=O) groups is 1. The van der Waals surface area contributed by atoms with Crippen LogP contribution in [0.25, 0.3) is 0 Å². The molecule has 8 nitrogen and oxygen atoms in total. The van der Waals surface area contributed by atoms with Crippen molar-refractivity contribution in [3.8, 4) is 11.5 Å². The number of sulfonamides is 1. The van der Waals surface area contributed by atoms with Crippen LogP contribution in [0.1, 0.15) is 35.7 Å². The molecule has 196 valence electrons. The van der Waals surface area contributed by atoms with Crippen LogP contribution in [-0.4, -0.2) is 46.5 Å². The van der Waals surface area contributed by atoms with E-state index < -0.39 is 10.0 Å². The molecule has 1 fully saturated rings. The van der Waals surface area contributed by atoms with Crippen molar-refractivity contribution in [3.05, 3.63) is 77.9 Å². The number of nitrogens with zero attached hydrogens (tertiary/aromatic N) is 1. The SMILES string of the molecule is COc1ccc(NS(=O)(=O)c2ccc(NC(=O)c3ccc(CN4CCC(C)CC4)cc3)cc2)c(OC)c1. The number of amides is 1. The summed E-state index contributed by atoms with van der Waals surface area (Å²) in [5.41, 5.74) is 2.51. The lowest BCUT2D eigenvalue weighted by molar-refractivity contribution is 0.102. The van der Waals surface area contributed by atoms with Crippen LogP contribution >= 0.6 is 0 Å². The third-order valence-electron chi connectivity index (χ3n) is 6.57. The number of rotatable bonds is 9. The Morgan fingerprint density at radius 2 is 1.62 bits per heavy atom. The smallest absolute Gasteiger partial charge is 0.262 e. The van der Waals surface area contributed by atoms with Crippen molar-refractivity contribution in [1.82, 2.24) is 4.90 Å². The van der Waals surface area contributed by atoms with Crippen LogP contribution in [0, 0.1) is 5.92 Å². The summed E-state index contributed by atoms with van der Waals surface area (Å²) in [7, 11) is -0.901. The Morgan fingerprint density at radius 3 is 2.24 bits per heavy atom. The number of nitrogens with one attached hydrogen (secondary N) is 2. The lowest BCUT2D eigenvalue weighted by atomic mass is 9.99. The number of hydrogen-bond donors (Lipinski definition) is 2. The number of methoxy groups -OCH3 is 2. The molecule has 0 saturated carbocycles. The van der Waals surface area contributed by atoms with Crippen LogP contribution in [0.3, 0.4) is 0 Å². The van der Waals surface area contributed by atoms with Crippen molar-refractivity contribution >= 4 is 27.3 Å². The molecule has 0 atom stereocenters. The standard InChI is InChI=1S/C28H33N3O5S/c1-20-14-16-31(17-15-20)19-21-4-6-22(7-5-21)28(32)29-23-8-11-25(12-9-23)37(33,34)30-26-13-10-24(35-2)18-27(26)36-3/h4-13,18,20,30H,14-17,19H2,1-3H3,(H,29,32). The third kappa shape index (κ3) is 6.81. The van der Waals surface area contributed by atoms with Gasteiger partial charge in [0.25, 0.3) is 15.9 Å². The Hall–Kier alpha value is -3.56. The van der Waals surface area contributed by atoms with E-state index >= 15 is 0 Å². The van der Waals surface area contributed by atoms with Gasteiger partial charge >= 0.3 is 0 Å². The second-order valence-electron chi connectivity index (χ2n) is 9.31. The summed E-state index contributed by atoms with van der Waals surface area (Å²) in [6.07, 6.45) is 2.46. The van der Waals surface area contributed by atoms with Crippen LogP contribution in [0.4, 0.5) is 11.4 Å². The van der Waals surface area contributed by atoms with Gasteiger partial charge in [0, 0.05) is 23.9 Å². The highest BCUT2D eigenvalue weighted by molar-refractivity contribution is 7.92. The molecular formula is C28H33N3O5S. The quantitative estimate of drug-likeness (QED) is 0.410. The van der Waals surface area contributed by atoms with Gasteiger partial charge in [-0.25, -0.2) is 8.42 Å². The Labute approximate surface area is 218 Å². The summed E-state index contributed by atoms with van der Waals surface area (Å²) in [6.45, 7) is 5.41. The molecular weight excluding hydrogens is 490 g/mol. The van der Waals surface area contributed by atoms with E-state index in [4.69, 9.17) is 9.47 Å². The van der Waals surface area contributed by atoms with E-state index in [0.717, 1.165) is 25.6 Å². The van der Waals surface area contributed by atoms with E-state index in [-0.39, 0.29) is 10.8 Å². The first-order valence-electron chi connectivity index (χ1n) is 12.2. The van der Waals surface area contributed by atoms with Crippen molar-refractivity contribution in [1.29, 1.82) is 0 Å². The number of piperidine rings is 1. The largest absolute Gasteiger partial charge is 0.497 e. The highest BCUT2D eigenvalue weighted by atomic mass is 32.2. The zero-order valence-corrected chi connectivity index (χ0v) is 22.2. The van der Waals surface area contributed by atoms with Crippen molar-refractivity contribution in [2.75, 3.05) is 37.3 Å². The molecule has 1 aliphatic rings. The Kier molecular flexibility index (Phi) is 8.35. The predicted octanol–water partition coefficient (Wildman–Crippen LogP) is 4.99. The molecule has 1 amide bonds. The van der Waals surface area contributed by atoms with Gasteiger partial charge in [0.1, 0.15) is 11.5 Å². The molecule has 0 aromatic heterocycles. The molecule has 2 N–H and O–H groups in total. The van der Waals surface area contributed by atoms with Gasteiger partial charge in [-0.15, -0.1) is 0 Å². The first-order chi connectivity index (χ1) is 17.8. The molecule has 9 heteroatoms. The maximum atomic E-state index is 12.9. The highest BCUT2D eigenvalue weighted by Gasteiger charge is 2.18. The van der Waals surface area contributed by atoms with E-state index in [1.807, 2.05) is 24.3 Å². The number of ether oxygens (including phenoxy) is 2. The normalized spacial score (nSPS) is 14.7. The monoisotopic (exact) mass is 523 g/mol. The molecule has 1 heterocycles. The van der Waals surface area contributed by atoms with Crippen molar-refractivity contribution in [3.63, 3.8) is 0 Å². The van der Waals surface area contributed by atoms with Crippen molar-refractivity contribution in [2.24, 2.45) is 5.92 Å². The Bertz CT molecular complexity index is 1320. The molecule has 0 bridgehead atoms. The van der Waals surface area contributed by atoms with E-state index in [0.29, 0.717) is 28.4 Å². The van der Waals surface area contributed by atoms with Crippen molar-refractivity contribution < 1.29 is 22.7 Å². The van der Waals surface area contributed by atoms with Gasteiger partial charge < -0.3 is 14.8 Å². The zero-order chi connectivity index (χ0) is 26.4. The first kappa shape index (κ1) is 26.5. The maximum absolute atomic E-state index is 12.9. The first-order valence-corrected chi connectivity index (χ1v) is 13.7. The number of anilines is 2. The molecule has 1 aliphatic heterocycles. The number of likely N-dealkylation sites (tertiary alicyclic amines) is 1. The number of hydrogen-bond acceptors (Lipinski definition) is 6. The van der Waals surface area contributed by atoms with E-state index in [1.165, 1.54) is 44.8 Å². The lowest BCUT2D eigenvalue weighted by Gasteiger charge is -2.30. The second-order valence-corrected chi connectivity index (χ2v) is 11.0. The summed E-state index contributed by atoms with van der Waals surface area (Å²) in [5, 5.41) is 2.82. The fourth-order valence-corrected chi connectivity index (χ4v) is 5.32. The molecule has 0 radical (unpaired) electrons. The zero-order valence-electron chi connectivity index (χ0n) is 21.4. The topological polar surface area (TPSA) is 97.0 Å². The fourth-order valence-electron chi connectivity index (χ4n) is 4.25. The summed E-state index contributed by atoms with van der Waals surface area (Å²) in [4.78, 5) is 15.2. The number of carbonyl (C=O) groups excluding carboxylic acids is 1. The summed E-state index contributed by atoms with van der Waals surface area (Å²) < 4.78 is 38.7. The van der Waals surface area contributed by atoms with Gasteiger partial charge in [0.15, 0.2) is 0 Å². The lowest BCUT2D eigenvalue weighted by Crippen LogP contribution is -2.32. The number of benzene rings is 3. The van der Waals surface area contributed by atoms with Gasteiger partial charge in [0.05, 0.1) is 24.8 Å². The Balaban J connectivity index is 1.37. The summed E-state index contributed by atoms with van der Waals surface area (Å²) in [5.74, 6) is 1.43. The molecule has 1 saturated heterocycles. The highest BCUT2D eigenvalue weighted by Crippen LogP contribution is 2.31. The molecule has 3 aromatic rings. The summed E-state index contributed by atoms with van der Waals surface area (Å²) in [6, 6.07) is 18.4. The van der Waals surface area contributed by atoms with Crippen molar-refractivity contribution in [2.45, 2.75) is 31.2 Å². The molecule has 37 heavy (non-hydrogen) atoms. The second kappa shape index (κ2) is 11.7. The van der Waals surface area contributed by atoms with Gasteiger partial charge in [-0.2, -0.15) is 0 Å². The fraction of sp³-hybridized carbons (Fsp3) is 0.321. The van der Waals surface area contributed by atoms with Crippen LogP contribution in [-0.2, 0) is 16.6 Å². The van der Waals surface area contributed by atoms with E-state index in [2.05, 4.69) is 21.9 Å². The summed E-state index contributed by atoms with van der Waals surface area (Å²) >= 11 is 0.